The number of hydrogen-bond acceptors (Lipinski definition) is 7. The first-order valence-corrected chi connectivity index (χ1v) is 12.5. The number of likely N-dealkylation sites (tertiary alicyclic amines) is 1. The Morgan fingerprint density at radius 3 is 2.36 bits per heavy atom. The van der Waals surface area contributed by atoms with Gasteiger partial charge in [-0.3, -0.25) is 4.79 Å². The molecule has 2 amide bonds. The second-order valence-electron chi connectivity index (χ2n) is 10.2. The van der Waals surface area contributed by atoms with Crippen LogP contribution in [0.15, 0.2) is 46.9 Å². The third kappa shape index (κ3) is 6.90. The number of carbonyl (C=O) groups excluding carboxylic acids is 2. The number of amides is 2. The van der Waals surface area contributed by atoms with E-state index in [1.807, 2.05) is 26.8 Å². The molecule has 39 heavy (non-hydrogen) atoms. The lowest BCUT2D eigenvalue weighted by Gasteiger charge is -2.33. The molecule has 0 radical (unpaired) electrons. The van der Waals surface area contributed by atoms with Gasteiger partial charge in [-0.05, 0) is 75.9 Å². The van der Waals surface area contributed by atoms with Crippen molar-refractivity contribution in [2.24, 2.45) is 5.92 Å². The van der Waals surface area contributed by atoms with Crippen LogP contribution in [0.1, 0.15) is 49.7 Å². The number of rotatable bonds is 6. The van der Waals surface area contributed by atoms with Gasteiger partial charge in [0.2, 0.25) is 17.5 Å². The van der Waals surface area contributed by atoms with Gasteiger partial charge >= 0.3 is 6.09 Å². The highest BCUT2D eigenvalue weighted by Gasteiger charge is 2.27. The quantitative estimate of drug-likeness (QED) is 0.419. The van der Waals surface area contributed by atoms with Crippen LogP contribution in [0.25, 0.3) is 11.5 Å². The fraction of sp³-hybridized carbons (Fsp3) is 0.357. The summed E-state index contributed by atoms with van der Waals surface area (Å²) >= 11 is 0. The van der Waals surface area contributed by atoms with E-state index in [1.165, 1.54) is 6.07 Å². The molecule has 204 valence electrons. The number of oxazole rings is 1. The minimum absolute atomic E-state index is 0.0786. The lowest BCUT2D eigenvalue weighted by atomic mass is 9.97. The molecule has 2 aromatic carbocycles. The molecule has 2 N–H and O–H groups in total. The highest BCUT2D eigenvalue weighted by molar-refractivity contribution is 5.94. The third-order valence-corrected chi connectivity index (χ3v) is 6.13. The third-order valence-electron chi connectivity index (χ3n) is 6.13. The number of piperidine rings is 1. The maximum absolute atomic E-state index is 14.1. The minimum Gasteiger partial charge on any atom is -0.444 e. The first kappa shape index (κ1) is 27.6. The van der Waals surface area contributed by atoms with Crippen molar-refractivity contribution in [2.45, 2.75) is 39.2 Å². The first-order valence-electron chi connectivity index (χ1n) is 12.5. The molecular weight excluding hydrogens is 508 g/mol. The van der Waals surface area contributed by atoms with Crippen molar-refractivity contribution >= 4 is 23.6 Å². The molecule has 0 atom stereocenters. The molecule has 0 spiro atoms. The zero-order valence-electron chi connectivity index (χ0n) is 21.9. The van der Waals surface area contributed by atoms with E-state index in [-0.39, 0.29) is 35.4 Å². The largest absolute Gasteiger partial charge is 0.444 e. The molecule has 1 saturated heterocycles. The van der Waals surface area contributed by atoms with Gasteiger partial charge in [0, 0.05) is 30.9 Å². The van der Waals surface area contributed by atoms with Crippen molar-refractivity contribution in [1.29, 1.82) is 5.26 Å². The van der Waals surface area contributed by atoms with Crippen LogP contribution in [0.5, 0.6) is 0 Å². The number of aromatic nitrogens is 1. The Bertz CT molecular complexity index is 1360. The molecule has 2 heterocycles. The summed E-state index contributed by atoms with van der Waals surface area (Å²) in [5.74, 6) is -2.17. The maximum atomic E-state index is 14.1. The lowest BCUT2D eigenvalue weighted by Crippen LogP contribution is -2.43. The van der Waals surface area contributed by atoms with Crippen molar-refractivity contribution in [3.63, 3.8) is 0 Å². The summed E-state index contributed by atoms with van der Waals surface area (Å²) in [5, 5.41) is 15.2. The van der Waals surface area contributed by atoms with E-state index in [9.17, 15) is 23.6 Å². The molecule has 11 heteroatoms. The Hall–Kier alpha value is -4.46. The molecule has 1 aromatic heterocycles. The van der Waals surface area contributed by atoms with Crippen LogP contribution in [0.3, 0.4) is 0 Å². The van der Waals surface area contributed by atoms with E-state index in [0.29, 0.717) is 30.9 Å². The average molecular weight is 538 g/mol. The van der Waals surface area contributed by atoms with Crippen LogP contribution in [0, 0.1) is 28.9 Å². The van der Waals surface area contributed by atoms with Crippen LogP contribution in [0.4, 0.5) is 25.1 Å². The SMILES string of the molecule is CC(C)(C)OC(=O)N1CCC(CNC(=O)c2ccc(Nc3oc(-c4c(F)cccc4F)nc3C#N)cc2)CC1. The van der Waals surface area contributed by atoms with Gasteiger partial charge in [-0.25, -0.2) is 13.6 Å². The molecule has 0 aliphatic carbocycles. The van der Waals surface area contributed by atoms with Gasteiger partial charge in [0.15, 0.2) is 0 Å². The zero-order chi connectivity index (χ0) is 28.2. The van der Waals surface area contributed by atoms with Crippen molar-refractivity contribution in [3.05, 3.63) is 65.4 Å². The van der Waals surface area contributed by atoms with E-state index >= 15 is 0 Å². The van der Waals surface area contributed by atoms with Crippen molar-refractivity contribution in [2.75, 3.05) is 25.0 Å². The van der Waals surface area contributed by atoms with Gasteiger partial charge in [-0.1, -0.05) is 6.07 Å². The van der Waals surface area contributed by atoms with E-state index in [4.69, 9.17) is 9.15 Å². The highest BCUT2D eigenvalue weighted by atomic mass is 19.1. The Morgan fingerprint density at radius 2 is 1.77 bits per heavy atom. The summed E-state index contributed by atoms with van der Waals surface area (Å²) in [4.78, 5) is 30.5. The highest BCUT2D eigenvalue weighted by Crippen LogP contribution is 2.31. The van der Waals surface area contributed by atoms with Crippen LogP contribution in [-0.2, 0) is 4.74 Å². The van der Waals surface area contributed by atoms with Gasteiger partial charge in [0.25, 0.3) is 5.91 Å². The van der Waals surface area contributed by atoms with Gasteiger partial charge in [0.1, 0.15) is 28.9 Å². The normalized spacial score (nSPS) is 14.0. The Morgan fingerprint density at radius 1 is 1.13 bits per heavy atom. The van der Waals surface area contributed by atoms with Crippen LogP contribution >= 0.6 is 0 Å². The standard InChI is InChI=1S/C28H29F2N5O4/c1-28(2,3)39-27(37)35-13-11-17(12-14-35)16-32-24(36)18-7-9-19(10-8-18)33-25-22(15-31)34-26(38-25)23-20(29)5-4-6-21(23)30/h4-10,17,33H,11-14,16H2,1-3H3,(H,32,36). The second-order valence-corrected chi connectivity index (χ2v) is 10.2. The Balaban J connectivity index is 1.31. The summed E-state index contributed by atoms with van der Waals surface area (Å²) in [6.07, 6.45) is 1.21. The molecule has 0 unspecified atom stereocenters. The molecule has 9 nitrogen and oxygen atoms in total. The van der Waals surface area contributed by atoms with E-state index in [2.05, 4.69) is 15.6 Å². The fourth-order valence-electron chi connectivity index (χ4n) is 4.11. The van der Waals surface area contributed by atoms with Gasteiger partial charge < -0.3 is 24.7 Å². The summed E-state index contributed by atoms with van der Waals surface area (Å²) in [7, 11) is 0. The maximum Gasteiger partial charge on any atom is 0.410 e. The summed E-state index contributed by atoms with van der Waals surface area (Å²) in [6.45, 7) is 7.14. The number of carbonyl (C=O) groups is 2. The van der Waals surface area contributed by atoms with Gasteiger partial charge in [0.05, 0.1) is 0 Å². The number of nitriles is 1. The number of nitrogens with zero attached hydrogens (tertiary/aromatic N) is 3. The molecule has 1 aliphatic rings. The van der Waals surface area contributed by atoms with Crippen LogP contribution in [0.2, 0.25) is 0 Å². The predicted octanol–water partition coefficient (Wildman–Crippen LogP) is 5.61. The van der Waals surface area contributed by atoms with Gasteiger partial charge in [-0.15, -0.1) is 0 Å². The van der Waals surface area contributed by atoms with E-state index in [1.54, 1.807) is 29.2 Å². The minimum atomic E-state index is -0.865. The van der Waals surface area contributed by atoms with Crippen LogP contribution < -0.4 is 10.6 Å². The number of hydrogen-bond donors (Lipinski definition) is 2. The lowest BCUT2D eigenvalue weighted by molar-refractivity contribution is 0.0183. The molecule has 1 fully saturated rings. The van der Waals surface area contributed by atoms with Crippen molar-refractivity contribution in [3.8, 4) is 17.5 Å². The Labute approximate surface area is 224 Å². The van der Waals surface area contributed by atoms with Crippen molar-refractivity contribution < 1.29 is 27.5 Å². The number of halogens is 2. The molecule has 1 aliphatic heterocycles. The zero-order valence-corrected chi connectivity index (χ0v) is 21.9. The molecule has 0 bridgehead atoms. The van der Waals surface area contributed by atoms with E-state index in [0.717, 1.165) is 25.0 Å². The predicted molar refractivity (Wildman–Crippen MR) is 139 cm³/mol. The molecule has 4 rings (SSSR count). The van der Waals surface area contributed by atoms with Crippen LogP contribution in [-0.4, -0.2) is 47.1 Å². The Kier molecular flexibility index (Phi) is 8.14. The smallest absolute Gasteiger partial charge is 0.410 e. The summed E-state index contributed by atoms with van der Waals surface area (Å²) in [6, 6.07) is 11.6. The fourth-order valence-corrected chi connectivity index (χ4v) is 4.11. The molecule has 3 aromatic rings. The number of anilines is 2. The van der Waals surface area contributed by atoms with Gasteiger partial charge in [-0.2, -0.15) is 10.2 Å². The monoisotopic (exact) mass is 537 g/mol. The molecule has 0 saturated carbocycles. The second kappa shape index (κ2) is 11.5. The first-order chi connectivity index (χ1) is 18.5. The summed E-state index contributed by atoms with van der Waals surface area (Å²) < 4.78 is 39.1. The topological polar surface area (TPSA) is 120 Å². The average Bonchev–Trinajstić information content (AvgIpc) is 3.29. The molecular formula is C28H29F2N5O4. The summed E-state index contributed by atoms with van der Waals surface area (Å²) in [5.41, 5.74) is -0.269. The number of ether oxygens (including phenoxy) is 1. The number of nitrogens with one attached hydrogen (secondary N) is 2. The van der Waals surface area contributed by atoms with E-state index < -0.39 is 22.8 Å². The number of benzene rings is 2. The van der Waals surface area contributed by atoms with Crippen molar-refractivity contribution in [1.82, 2.24) is 15.2 Å².